The number of nitrogens with zero attached hydrogens (tertiary/aromatic N) is 1. The summed E-state index contributed by atoms with van der Waals surface area (Å²) in [4.78, 5) is 16.3. The molecule has 3 heteroatoms. The number of hydrogen-bond acceptors (Lipinski definition) is 3. The Morgan fingerprint density at radius 3 is 2.55 bits per heavy atom. The highest BCUT2D eigenvalue weighted by molar-refractivity contribution is 6.02. The second-order valence-electron chi connectivity index (χ2n) is 5.49. The van der Waals surface area contributed by atoms with Gasteiger partial charge in [-0.1, -0.05) is 24.3 Å². The van der Waals surface area contributed by atoms with Crippen LogP contribution in [0.25, 0.3) is 10.9 Å². The molecule has 0 aliphatic heterocycles. The van der Waals surface area contributed by atoms with E-state index in [-0.39, 0.29) is 5.78 Å². The van der Waals surface area contributed by atoms with E-state index in [0.717, 1.165) is 22.3 Å². The largest absolute Gasteiger partial charge is 0.354 e. The number of carbonyl (C=O) groups excluding carboxylic acids is 1. The van der Waals surface area contributed by atoms with Gasteiger partial charge in [-0.15, -0.1) is 0 Å². The van der Waals surface area contributed by atoms with Crippen LogP contribution < -0.4 is 5.32 Å². The molecule has 3 aromatic rings. The second-order valence-corrected chi connectivity index (χ2v) is 5.49. The van der Waals surface area contributed by atoms with E-state index in [1.54, 1.807) is 13.1 Å². The van der Waals surface area contributed by atoms with Gasteiger partial charge >= 0.3 is 0 Å². The molecule has 1 N–H and O–H groups in total. The maximum absolute atomic E-state index is 11.8. The van der Waals surface area contributed by atoms with E-state index >= 15 is 0 Å². The summed E-state index contributed by atoms with van der Waals surface area (Å²) in [6.45, 7) is 5.75. The highest BCUT2D eigenvalue weighted by Crippen LogP contribution is 2.29. The van der Waals surface area contributed by atoms with Crippen LogP contribution in [0.1, 0.15) is 28.4 Å². The maximum Gasteiger partial charge on any atom is 0.161 e. The number of pyridine rings is 1. The molecule has 0 spiro atoms. The minimum Gasteiger partial charge on any atom is -0.354 e. The van der Waals surface area contributed by atoms with Gasteiger partial charge in [0.2, 0.25) is 0 Å². The number of aryl methyl sites for hydroxylation is 2. The van der Waals surface area contributed by atoms with Gasteiger partial charge < -0.3 is 5.32 Å². The normalized spacial score (nSPS) is 10.7. The van der Waals surface area contributed by atoms with Crippen molar-refractivity contribution in [3.8, 4) is 0 Å². The third-order valence-electron chi connectivity index (χ3n) is 4.01. The number of para-hydroxylation sites is 1. The van der Waals surface area contributed by atoms with Crippen LogP contribution in [0.15, 0.2) is 48.7 Å². The molecule has 0 aliphatic rings. The predicted molar refractivity (Wildman–Crippen MR) is 90.9 cm³/mol. The van der Waals surface area contributed by atoms with Crippen molar-refractivity contribution in [2.45, 2.75) is 20.8 Å². The van der Waals surface area contributed by atoms with Crippen LogP contribution in [0.2, 0.25) is 0 Å². The highest BCUT2D eigenvalue weighted by atomic mass is 16.1. The fourth-order valence-corrected chi connectivity index (χ4v) is 2.61. The molecule has 0 atom stereocenters. The third-order valence-corrected chi connectivity index (χ3v) is 4.01. The van der Waals surface area contributed by atoms with E-state index in [2.05, 4.69) is 36.3 Å². The van der Waals surface area contributed by atoms with Gasteiger partial charge in [0.15, 0.2) is 5.78 Å². The van der Waals surface area contributed by atoms with E-state index in [1.165, 1.54) is 11.1 Å². The molecule has 1 aromatic heterocycles. The van der Waals surface area contributed by atoms with E-state index in [4.69, 9.17) is 0 Å². The topological polar surface area (TPSA) is 42.0 Å². The number of aromatic nitrogens is 1. The Bertz CT molecular complexity index is 868. The van der Waals surface area contributed by atoms with Crippen molar-refractivity contribution in [1.82, 2.24) is 4.98 Å². The molecule has 0 bridgehead atoms. The molecule has 3 rings (SSSR count). The number of benzene rings is 2. The summed E-state index contributed by atoms with van der Waals surface area (Å²) in [5, 5.41) is 4.44. The summed E-state index contributed by atoms with van der Waals surface area (Å²) < 4.78 is 0. The minimum absolute atomic E-state index is 0.0495. The van der Waals surface area contributed by atoms with Crippen LogP contribution in [-0.2, 0) is 0 Å². The molecule has 22 heavy (non-hydrogen) atoms. The lowest BCUT2D eigenvalue weighted by molar-refractivity contribution is 0.101. The van der Waals surface area contributed by atoms with Crippen molar-refractivity contribution in [3.05, 3.63) is 65.4 Å². The van der Waals surface area contributed by atoms with Gasteiger partial charge in [0.05, 0.1) is 5.52 Å². The van der Waals surface area contributed by atoms with Crippen LogP contribution in [0.5, 0.6) is 0 Å². The molecule has 0 unspecified atom stereocenters. The van der Waals surface area contributed by atoms with Gasteiger partial charge in [0.25, 0.3) is 0 Å². The average Bonchev–Trinajstić information content (AvgIpc) is 2.52. The average molecular weight is 290 g/mol. The van der Waals surface area contributed by atoms with Gasteiger partial charge in [-0.3, -0.25) is 9.78 Å². The smallest absolute Gasteiger partial charge is 0.161 e. The Kier molecular flexibility index (Phi) is 3.63. The highest BCUT2D eigenvalue weighted by Gasteiger charge is 2.10. The fraction of sp³-hybridized carbons (Fsp3) is 0.158. The van der Waals surface area contributed by atoms with Crippen LogP contribution in [0, 0.1) is 13.8 Å². The minimum atomic E-state index is 0.0495. The monoisotopic (exact) mass is 290 g/mol. The molecule has 110 valence electrons. The van der Waals surface area contributed by atoms with Gasteiger partial charge in [-0.05, 0) is 50.1 Å². The molecular weight excluding hydrogens is 272 g/mol. The molecule has 0 fully saturated rings. The van der Waals surface area contributed by atoms with Crippen LogP contribution in [-0.4, -0.2) is 10.8 Å². The number of fused-ring (bicyclic) bond motifs is 1. The van der Waals surface area contributed by atoms with Crippen molar-refractivity contribution in [3.63, 3.8) is 0 Å². The lowest BCUT2D eigenvalue weighted by Crippen LogP contribution is -2.01. The molecule has 0 amide bonds. The Morgan fingerprint density at radius 2 is 1.77 bits per heavy atom. The van der Waals surface area contributed by atoms with Crippen LogP contribution in [0.3, 0.4) is 0 Å². The van der Waals surface area contributed by atoms with E-state index < -0.39 is 0 Å². The number of ketones is 1. The van der Waals surface area contributed by atoms with Crippen molar-refractivity contribution in [2.75, 3.05) is 5.32 Å². The molecule has 1 heterocycles. The SMILES string of the molecule is CC(=O)c1ccccc1Nc1ccnc2c(C)c(C)ccc12. The molecule has 2 aromatic carbocycles. The first-order valence-corrected chi connectivity index (χ1v) is 7.30. The van der Waals surface area contributed by atoms with Crippen LogP contribution >= 0.6 is 0 Å². The summed E-state index contributed by atoms with van der Waals surface area (Å²) in [6, 6.07) is 13.7. The van der Waals surface area contributed by atoms with Gasteiger partial charge in [0, 0.05) is 28.5 Å². The zero-order valence-corrected chi connectivity index (χ0v) is 13.0. The van der Waals surface area contributed by atoms with Crippen molar-refractivity contribution in [2.24, 2.45) is 0 Å². The first kappa shape index (κ1) is 14.3. The van der Waals surface area contributed by atoms with Crippen molar-refractivity contribution < 1.29 is 4.79 Å². The van der Waals surface area contributed by atoms with E-state index in [0.29, 0.717) is 5.56 Å². The zero-order valence-electron chi connectivity index (χ0n) is 13.0. The molecule has 0 saturated carbocycles. The van der Waals surface area contributed by atoms with Crippen molar-refractivity contribution in [1.29, 1.82) is 0 Å². The Labute approximate surface area is 130 Å². The first-order chi connectivity index (χ1) is 10.6. The molecule has 0 saturated heterocycles. The summed E-state index contributed by atoms with van der Waals surface area (Å²) in [5.41, 5.74) is 5.87. The lowest BCUT2D eigenvalue weighted by atomic mass is 10.0. The number of anilines is 2. The third kappa shape index (κ3) is 2.46. The summed E-state index contributed by atoms with van der Waals surface area (Å²) in [7, 11) is 0. The van der Waals surface area contributed by atoms with Gasteiger partial charge in [0.1, 0.15) is 0 Å². The quantitative estimate of drug-likeness (QED) is 0.705. The zero-order chi connectivity index (χ0) is 15.7. The standard InChI is InChI=1S/C19H18N2O/c1-12-8-9-16-18(10-11-20-19(16)13(12)2)21-17-7-5-4-6-15(17)14(3)22/h4-11H,1-3H3,(H,20,21). The lowest BCUT2D eigenvalue weighted by Gasteiger charge is -2.13. The molecule has 0 aliphatic carbocycles. The van der Waals surface area contributed by atoms with Crippen LogP contribution in [0.4, 0.5) is 11.4 Å². The van der Waals surface area contributed by atoms with Gasteiger partial charge in [-0.2, -0.15) is 0 Å². The van der Waals surface area contributed by atoms with Crippen molar-refractivity contribution >= 4 is 28.1 Å². The Balaban J connectivity index is 2.13. The molecule has 3 nitrogen and oxygen atoms in total. The number of Topliss-reactive ketones (excluding diaryl/α,β-unsaturated/α-hetero) is 1. The van der Waals surface area contributed by atoms with Gasteiger partial charge in [-0.25, -0.2) is 0 Å². The fourth-order valence-electron chi connectivity index (χ4n) is 2.61. The van der Waals surface area contributed by atoms with E-state index in [9.17, 15) is 4.79 Å². The first-order valence-electron chi connectivity index (χ1n) is 7.30. The summed E-state index contributed by atoms with van der Waals surface area (Å²) in [5.74, 6) is 0.0495. The summed E-state index contributed by atoms with van der Waals surface area (Å²) >= 11 is 0. The number of nitrogens with one attached hydrogen (secondary N) is 1. The molecular formula is C19H18N2O. The predicted octanol–water partition coefficient (Wildman–Crippen LogP) is 4.80. The van der Waals surface area contributed by atoms with E-state index in [1.807, 2.05) is 30.3 Å². The maximum atomic E-state index is 11.8. The number of rotatable bonds is 3. The Hall–Kier alpha value is -2.68. The number of carbonyl (C=O) groups is 1. The summed E-state index contributed by atoms with van der Waals surface area (Å²) in [6.07, 6.45) is 1.80. The number of hydrogen-bond donors (Lipinski definition) is 1. The molecule has 0 radical (unpaired) electrons. The Morgan fingerprint density at radius 1 is 1.00 bits per heavy atom. The second kappa shape index (κ2) is 5.60.